The number of rotatable bonds is 9. The molecule has 2 aromatic heterocycles. The molecule has 0 bridgehead atoms. The predicted molar refractivity (Wildman–Crippen MR) is 144 cm³/mol. The molecule has 2 unspecified atom stereocenters. The van der Waals surface area contributed by atoms with Gasteiger partial charge < -0.3 is 15.2 Å². The average molecular weight is 590 g/mol. The number of aryl methyl sites for hydroxylation is 2. The fourth-order valence-electron chi connectivity index (χ4n) is 5.06. The second kappa shape index (κ2) is 11.8. The molecule has 0 saturated heterocycles. The lowest BCUT2D eigenvalue weighted by molar-refractivity contribution is -0.139. The first-order valence-corrected chi connectivity index (χ1v) is 14.1. The van der Waals surface area contributed by atoms with Gasteiger partial charge >= 0.3 is 11.9 Å². The van der Waals surface area contributed by atoms with E-state index in [-0.39, 0.29) is 30.1 Å². The first-order chi connectivity index (χ1) is 19.3. The van der Waals surface area contributed by atoms with Gasteiger partial charge in [-0.2, -0.15) is 5.10 Å². The Labute approximate surface area is 237 Å². The smallest absolute Gasteiger partial charge is 0.338 e. The van der Waals surface area contributed by atoms with Gasteiger partial charge in [0.1, 0.15) is 6.04 Å². The minimum absolute atomic E-state index is 0.0552. The molecule has 0 amide bonds. The predicted octanol–water partition coefficient (Wildman–Crippen LogP) is 4.85. The Kier molecular flexibility index (Phi) is 8.27. The molecule has 13 heteroatoms. The quantitative estimate of drug-likeness (QED) is 0.270. The highest BCUT2D eigenvalue weighted by atomic mass is 35.5. The molecule has 5 rings (SSSR count). The van der Waals surface area contributed by atoms with Gasteiger partial charge in [-0.3, -0.25) is 14.5 Å². The van der Waals surface area contributed by atoms with Crippen molar-refractivity contribution in [1.29, 1.82) is 0 Å². The number of esters is 1. The maximum atomic E-state index is 14.6. The molecule has 0 spiro atoms. The summed E-state index contributed by atoms with van der Waals surface area (Å²) < 4.78 is 35.7. The van der Waals surface area contributed by atoms with Crippen LogP contribution in [0.3, 0.4) is 0 Å². The first-order valence-electron chi connectivity index (χ1n) is 12.8. The molecular weight excluding hydrogens is 564 g/mol. The third kappa shape index (κ3) is 5.64. The molecular formula is C27H26ClF2N5O4S. The number of allylic oxidation sites excluding steroid dienone is 1. The molecule has 3 aromatic rings. The molecule has 210 valence electrons. The molecule has 2 aliphatic rings. The Balaban J connectivity index is 1.56. The molecule has 1 aromatic carbocycles. The number of carbonyl (C=O) groups excluding carboxylic acids is 1. The van der Waals surface area contributed by atoms with Gasteiger partial charge in [0.05, 0.1) is 22.9 Å². The number of amidine groups is 1. The van der Waals surface area contributed by atoms with Crippen LogP contribution >= 0.6 is 22.9 Å². The minimum atomic E-state index is -1.22. The van der Waals surface area contributed by atoms with Crippen molar-refractivity contribution in [2.45, 2.75) is 51.6 Å². The van der Waals surface area contributed by atoms with Crippen molar-refractivity contribution in [1.82, 2.24) is 20.1 Å². The second-order valence-corrected chi connectivity index (χ2v) is 10.7. The van der Waals surface area contributed by atoms with Crippen molar-refractivity contribution in [3.63, 3.8) is 0 Å². The summed E-state index contributed by atoms with van der Waals surface area (Å²) in [7, 11) is 0. The summed E-state index contributed by atoms with van der Waals surface area (Å²) in [5, 5.41) is 18.8. The van der Waals surface area contributed by atoms with E-state index in [1.165, 1.54) is 17.4 Å². The number of carboxylic acids is 1. The summed E-state index contributed by atoms with van der Waals surface area (Å²) >= 11 is 7.62. The Bertz CT molecular complexity index is 1500. The lowest BCUT2D eigenvalue weighted by Gasteiger charge is -2.33. The van der Waals surface area contributed by atoms with Crippen molar-refractivity contribution in [2.24, 2.45) is 10.9 Å². The number of aliphatic imine (C=N–C) groups is 1. The van der Waals surface area contributed by atoms with Gasteiger partial charge in [0.2, 0.25) is 0 Å². The topological polar surface area (TPSA) is 119 Å². The van der Waals surface area contributed by atoms with E-state index in [9.17, 15) is 18.4 Å². The van der Waals surface area contributed by atoms with Crippen LogP contribution in [0.25, 0.3) is 0 Å². The number of carboxylic acid groups (broad SMARTS) is 1. The zero-order valence-electron chi connectivity index (χ0n) is 21.5. The van der Waals surface area contributed by atoms with Crippen LogP contribution in [0.5, 0.6) is 0 Å². The van der Waals surface area contributed by atoms with Crippen LogP contribution in [0, 0.1) is 17.6 Å². The number of aromatic nitrogens is 3. The van der Waals surface area contributed by atoms with Crippen LogP contribution in [0.2, 0.25) is 5.02 Å². The monoisotopic (exact) mass is 589 g/mol. The number of ether oxygens (including phenoxy) is 1. The second-order valence-electron chi connectivity index (χ2n) is 9.46. The SMILES string of the molecule is CCOC(=O)C1=C(C2CCc3nn(CCCC(=O)O)cc3C2)NC(c2nccs2)=NC1c1ccc(F)c(F)c1Cl. The maximum Gasteiger partial charge on any atom is 0.338 e. The van der Waals surface area contributed by atoms with Crippen LogP contribution in [0.15, 0.2) is 46.2 Å². The van der Waals surface area contributed by atoms with E-state index in [4.69, 9.17) is 26.4 Å². The van der Waals surface area contributed by atoms with E-state index in [2.05, 4.69) is 15.4 Å². The highest BCUT2D eigenvalue weighted by Gasteiger charge is 2.38. The standard InChI is InChI=1S/C27H26ClF2N5O4S/c1-2-39-27(38)20-23(14-5-8-18-15(12-14)13-35(34-18)10-3-4-19(36)37)32-25(26-31-9-11-40-26)33-24(20)16-6-7-17(29)22(30)21(16)28/h6-7,9,11,13-14,24H,2-5,8,10,12H2,1H3,(H,32,33)(H,36,37). The third-order valence-electron chi connectivity index (χ3n) is 6.87. The molecule has 0 radical (unpaired) electrons. The van der Waals surface area contributed by atoms with E-state index in [1.54, 1.807) is 23.2 Å². The zero-order chi connectivity index (χ0) is 28.4. The molecule has 2 atom stereocenters. The number of benzene rings is 1. The normalized spacial score (nSPS) is 18.6. The molecule has 3 heterocycles. The number of nitrogens with one attached hydrogen (secondary N) is 1. The van der Waals surface area contributed by atoms with Crippen LogP contribution < -0.4 is 5.32 Å². The summed E-state index contributed by atoms with van der Waals surface area (Å²) in [6, 6.07) is 1.24. The average Bonchev–Trinajstić information content (AvgIpc) is 3.61. The number of thiazole rings is 1. The zero-order valence-corrected chi connectivity index (χ0v) is 23.1. The van der Waals surface area contributed by atoms with Crippen molar-refractivity contribution in [3.8, 4) is 0 Å². The van der Waals surface area contributed by atoms with E-state index < -0.39 is 34.6 Å². The van der Waals surface area contributed by atoms with E-state index in [1.807, 2.05) is 6.20 Å². The van der Waals surface area contributed by atoms with E-state index >= 15 is 0 Å². The number of fused-ring (bicyclic) bond motifs is 1. The summed E-state index contributed by atoms with van der Waals surface area (Å²) in [6.07, 6.45) is 5.88. The first kappa shape index (κ1) is 27.9. The Hall–Kier alpha value is -3.64. The number of halogens is 3. The van der Waals surface area contributed by atoms with Gasteiger partial charge in [-0.15, -0.1) is 11.3 Å². The van der Waals surface area contributed by atoms with E-state index in [0.29, 0.717) is 48.8 Å². The van der Waals surface area contributed by atoms with Crippen LogP contribution in [0.1, 0.15) is 54.1 Å². The van der Waals surface area contributed by atoms with Crippen molar-refractivity contribution < 1.29 is 28.2 Å². The van der Waals surface area contributed by atoms with Gasteiger partial charge in [0.25, 0.3) is 0 Å². The summed E-state index contributed by atoms with van der Waals surface area (Å²) in [4.78, 5) is 33.4. The van der Waals surface area contributed by atoms with Gasteiger partial charge in [-0.25, -0.2) is 18.6 Å². The Morgan fingerprint density at radius 1 is 1.32 bits per heavy atom. The number of carbonyl (C=O) groups is 2. The third-order valence-corrected chi connectivity index (χ3v) is 8.04. The number of hydrogen-bond acceptors (Lipinski definition) is 8. The number of hydrogen-bond donors (Lipinski definition) is 2. The summed E-state index contributed by atoms with van der Waals surface area (Å²) in [5.41, 5.74) is 2.80. The van der Waals surface area contributed by atoms with Crippen LogP contribution in [-0.4, -0.2) is 44.3 Å². The van der Waals surface area contributed by atoms with Gasteiger partial charge in [-0.05, 0) is 44.2 Å². The van der Waals surface area contributed by atoms with Gasteiger partial charge in [0, 0.05) is 47.9 Å². The minimum Gasteiger partial charge on any atom is -0.481 e. The van der Waals surface area contributed by atoms with Gasteiger partial charge in [-0.1, -0.05) is 17.7 Å². The lowest BCUT2D eigenvalue weighted by atomic mass is 9.81. The molecule has 1 aliphatic heterocycles. The summed E-state index contributed by atoms with van der Waals surface area (Å²) in [5.74, 6) is -3.60. The number of nitrogens with zero attached hydrogens (tertiary/aromatic N) is 4. The number of aliphatic carboxylic acids is 1. The largest absolute Gasteiger partial charge is 0.481 e. The Morgan fingerprint density at radius 3 is 2.88 bits per heavy atom. The Morgan fingerprint density at radius 2 is 2.15 bits per heavy atom. The molecule has 2 N–H and O–H groups in total. The molecule has 0 saturated carbocycles. The lowest BCUT2D eigenvalue weighted by Crippen LogP contribution is -2.38. The molecule has 0 fully saturated rings. The molecule has 9 nitrogen and oxygen atoms in total. The fraction of sp³-hybridized carbons (Fsp3) is 0.370. The van der Waals surface area contributed by atoms with Gasteiger partial charge in [0.15, 0.2) is 22.5 Å². The summed E-state index contributed by atoms with van der Waals surface area (Å²) in [6.45, 7) is 2.27. The van der Waals surface area contributed by atoms with Crippen molar-refractivity contribution >= 4 is 40.7 Å². The fourth-order valence-corrected chi connectivity index (χ4v) is 5.91. The maximum absolute atomic E-state index is 14.6. The van der Waals surface area contributed by atoms with Crippen LogP contribution in [-0.2, 0) is 33.7 Å². The van der Waals surface area contributed by atoms with Crippen LogP contribution in [0.4, 0.5) is 8.78 Å². The highest BCUT2D eigenvalue weighted by molar-refractivity contribution is 7.11. The van der Waals surface area contributed by atoms with E-state index in [0.717, 1.165) is 17.3 Å². The van der Waals surface area contributed by atoms with Crippen molar-refractivity contribution in [2.75, 3.05) is 6.61 Å². The molecule has 1 aliphatic carbocycles. The van der Waals surface area contributed by atoms with Crippen molar-refractivity contribution in [3.05, 3.63) is 79.7 Å². The highest BCUT2D eigenvalue weighted by Crippen LogP contribution is 2.41. The molecule has 40 heavy (non-hydrogen) atoms.